The zero-order valence-electron chi connectivity index (χ0n) is 31.7. The van der Waals surface area contributed by atoms with Crippen LogP contribution in [-0.2, 0) is 0 Å². The average Bonchev–Trinajstić information content (AvgIpc) is 3.95. The molecule has 12 aromatic rings. The Balaban J connectivity index is 1.08. The number of nitrogens with zero attached hydrogens (tertiary/aromatic N) is 3. The second kappa shape index (κ2) is 12.8. The first-order valence-electron chi connectivity index (χ1n) is 20.0. The summed E-state index contributed by atoms with van der Waals surface area (Å²) in [5.74, 6) is 0. The highest BCUT2D eigenvalue weighted by Gasteiger charge is 2.41. The molecular formula is C54H37N3Si. The van der Waals surface area contributed by atoms with E-state index in [-0.39, 0.29) is 0 Å². The molecule has 272 valence electrons. The summed E-state index contributed by atoms with van der Waals surface area (Å²) in [5, 5.41) is 10.6. The van der Waals surface area contributed by atoms with Crippen molar-refractivity contribution >= 4 is 83.5 Å². The number of hydrogen-bond acceptors (Lipinski definition) is 0. The number of rotatable bonds is 7. The smallest absolute Gasteiger partial charge is 0.179 e. The standard InChI is InChI=1S/C54H37N3Si/c1-5-18-38(19-6-1)55-49-30-16-32-51-53(49)54-50(55)31-17-33-52(54)57(51)40-21-15-20-39(36-40)56-47-29-14-13-28-45(47)46-37-44(34-35-48(46)56)58(41-22-7-2-8-23-41,42-24-9-3-10-25-42)43-26-11-4-12-27-43/h1-37H. The van der Waals surface area contributed by atoms with Crippen LogP contribution in [0.2, 0.25) is 0 Å². The summed E-state index contributed by atoms with van der Waals surface area (Å²) in [6.07, 6.45) is 0. The summed E-state index contributed by atoms with van der Waals surface area (Å²) in [6.45, 7) is 0. The predicted molar refractivity (Wildman–Crippen MR) is 247 cm³/mol. The third kappa shape index (κ3) is 4.61. The third-order valence-corrected chi connectivity index (χ3v) is 17.1. The largest absolute Gasteiger partial charge is 0.309 e. The van der Waals surface area contributed by atoms with Crippen molar-refractivity contribution in [2.24, 2.45) is 0 Å². The highest BCUT2D eigenvalue weighted by atomic mass is 28.3. The summed E-state index contributed by atoms with van der Waals surface area (Å²) >= 11 is 0. The summed E-state index contributed by atoms with van der Waals surface area (Å²) < 4.78 is 7.32. The first-order valence-corrected chi connectivity index (χ1v) is 22.0. The van der Waals surface area contributed by atoms with Crippen LogP contribution in [0.1, 0.15) is 0 Å². The topological polar surface area (TPSA) is 14.8 Å². The van der Waals surface area contributed by atoms with Crippen molar-refractivity contribution in [3.05, 3.63) is 224 Å². The van der Waals surface area contributed by atoms with Gasteiger partial charge < -0.3 is 13.7 Å². The van der Waals surface area contributed by atoms with Crippen molar-refractivity contribution in [2.45, 2.75) is 0 Å². The molecule has 0 aliphatic rings. The Kier molecular flexibility index (Phi) is 7.25. The van der Waals surface area contributed by atoms with Gasteiger partial charge in [-0.25, -0.2) is 0 Å². The number of hydrogen-bond donors (Lipinski definition) is 0. The maximum atomic E-state index is 2.51. The van der Waals surface area contributed by atoms with Crippen molar-refractivity contribution in [1.29, 1.82) is 0 Å². The molecule has 0 amide bonds. The van der Waals surface area contributed by atoms with Crippen molar-refractivity contribution in [3.8, 4) is 17.1 Å². The van der Waals surface area contributed by atoms with Gasteiger partial charge in [-0.2, -0.15) is 0 Å². The van der Waals surface area contributed by atoms with E-state index in [0.717, 1.165) is 11.4 Å². The molecule has 0 bridgehead atoms. The fourth-order valence-corrected chi connectivity index (χ4v) is 14.8. The highest BCUT2D eigenvalue weighted by Crippen LogP contribution is 2.42. The van der Waals surface area contributed by atoms with Crippen LogP contribution in [0.15, 0.2) is 224 Å². The van der Waals surface area contributed by atoms with Gasteiger partial charge in [0.1, 0.15) is 0 Å². The second-order valence-electron chi connectivity index (χ2n) is 15.3. The Hall–Kier alpha value is -7.40. The summed E-state index contributed by atoms with van der Waals surface area (Å²) in [4.78, 5) is 0. The molecule has 0 saturated heterocycles. The minimum atomic E-state index is -2.71. The van der Waals surface area contributed by atoms with E-state index in [1.54, 1.807) is 0 Å². The van der Waals surface area contributed by atoms with Gasteiger partial charge >= 0.3 is 0 Å². The first-order chi connectivity index (χ1) is 28.8. The van der Waals surface area contributed by atoms with E-state index in [1.165, 1.54) is 81.1 Å². The Morgan fingerprint density at radius 2 is 0.621 bits per heavy atom. The molecule has 9 aromatic carbocycles. The van der Waals surface area contributed by atoms with Crippen LogP contribution >= 0.6 is 0 Å². The highest BCUT2D eigenvalue weighted by molar-refractivity contribution is 7.20. The molecule has 0 aliphatic carbocycles. The van der Waals surface area contributed by atoms with Gasteiger partial charge in [-0.3, -0.25) is 0 Å². The van der Waals surface area contributed by atoms with Gasteiger partial charge in [-0.1, -0.05) is 158 Å². The van der Waals surface area contributed by atoms with Gasteiger partial charge in [0.05, 0.1) is 33.1 Å². The SMILES string of the molecule is c1ccc(-n2c3cccc4c3c3c2cccc3n4-c2cccc(-n3c4ccccc4c4cc([Si](c5ccccc5)(c5ccccc5)c5ccccc5)ccc43)c2)cc1. The molecule has 3 nitrogen and oxygen atoms in total. The summed E-state index contributed by atoms with van der Waals surface area (Å²) in [6, 6.07) is 83.1. The normalized spacial score (nSPS) is 12.1. The van der Waals surface area contributed by atoms with Crippen molar-refractivity contribution in [2.75, 3.05) is 0 Å². The molecule has 0 radical (unpaired) electrons. The van der Waals surface area contributed by atoms with Gasteiger partial charge in [0.15, 0.2) is 8.07 Å². The number of para-hydroxylation sites is 2. The molecule has 0 fully saturated rings. The Morgan fingerprint density at radius 3 is 1.16 bits per heavy atom. The maximum Gasteiger partial charge on any atom is 0.179 e. The minimum Gasteiger partial charge on any atom is -0.309 e. The van der Waals surface area contributed by atoms with E-state index in [2.05, 4.69) is 238 Å². The Morgan fingerprint density at radius 1 is 0.241 bits per heavy atom. The summed E-state index contributed by atoms with van der Waals surface area (Å²) in [7, 11) is -2.71. The molecule has 12 rings (SSSR count). The number of fused-ring (bicyclic) bond motifs is 3. The van der Waals surface area contributed by atoms with E-state index in [1.807, 2.05) is 0 Å². The minimum absolute atomic E-state index is 1.14. The molecule has 0 saturated carbocycles. The van der Waals surface area contributed by atoms with Crippen LogP contribution in [0.25, 0.3) is 71.7 Å². The lowest BCUT2D eigenvalue weighted by atomic mass is 10.1. The molecule has 3 heterocycles. The molecular weight excluding hydrogens is 719 g/mol. The predicted octanol–water partition coefficient (Wildman–Crippen LogP) is 10.6. The molecule has 58 heavy (non-hydrogen) atoms. The quantitative estimate of drug-likeness (QED) is 0.114. The van der Waals surface area contributed by atoms with Crippen LogP contribution in [0, 0.1) is 0 Å². The van der Waals surface area contributed by atoms with Gasteiger partial charge in [-0.05, 0) is 87.5 Å². The van der Waals surface area contributed by atoms with Crippen molar-refractivity contribution < 1.29 is 0 Å². The van der Waals surface area contributed by atoms with Crippen LogP contribution in [0.4, 0.5) is 0 Å². The average molecular weight is 756 g/mol. The monoisotopic (exact) mass is 755 g/mol. The molecule has 0 spiro atoms. The fourth-order valence-electron chi connectivity index (χ4n) is 10.0. The fraction of sp³-hybridized carbons (Fsp3) is 0. The second-order valence-corrected chi connectivity index (χ2v) is 19.1. The molecule has 3 aromatic heterocycles. The lowest BCUT2D eigenvalue weighted by Crippen LogP contribution is -2.74. The van der Waals surface area contributed by atoms with Gasteiger partial charge in [0.25, 0.3) is 0 Å². The first kappa shape index (κ1) is 32.8. The summed E-state index contributed by atoms with van der Waals surface area (Å²) in [5.41, 5.74) is 10.7. The van der Waals surface area contributed by atoms with E-state index in [0.29, 0.717) is 0 Å². The van der Waals surface area contributed by atoms with Gasteiger partial charge in [0.2, 0.25) is 0 Å². The molecule has 4 heteroatoms. The van der Waals surface area contributed by atoms with Crippen LogP contribution in [0.5, 0.6) is 0 Å². The third-order valence-electron chi connectivity index (χ3n) is 12.3. The van der Waals surface area contributed by atoms with Crippen LogP contribution < -0.4 is 20.7 Å². The lowest BCUT2D eigenvalue weighted by Gasteiger charge is -2.34. The lowest BCUT2D eigenvalue weighted by molar-refractivity contribution is 1.13. The van der Waals surface area contributed by atoms with Crippen LogP contribution in [-0.4, -0.2) is 21.8 Å². The van der Waals surface area contributed by atoms with E-state index >= 15 is 0 Å². The number of benzene rings is 9. The van der Waals surface area contributed by atoms with Gasteiger partial charge in [0, 0.05) is 38.6 Å². The molecule has 0 aliphatic heterocycles. The Labute approximate surface area is 337 Å². The van der Waals surface area contributed by atoms with Gasteiger partial charge in [-0.15, -0.1) is 0 Å². The zero-order valence-corrected chi connectivity index (χ0v) is 32.7. The molecule has 0 atom stereocenters. The van der Waals surface area contributed by atoms with E-state index < -0.39 is 8.07 Å². The van der Waals surface area contributed by atoms with Crippen LogP contribution in [0.3, 0.4) is 0 Å². The molecule has 0 unspecified atom stereocenters. The van der Waals surface area contributed by atoms with E-state index in [9.17, 15) is 0 Å². The zero-order chi connectivity index (χ0) is 38.2. The number of aromatic nitrogens is 3. The van der Waals surface area contributed by atoms with Crippen molar-refractivity contribution in [1.82, 2.24) is 13.7 Å². The maximum absolute atomic E-state index is 2.71. The van der Waals surface area contributed by atoms with E-state index in [4.69, 9.17) is 0 Å². The Bertz CT molecular complexity index is 3270. The van der Waals surface area contributed by atoms with Crippen molar-refractivity contribution in [3.63, 3.8) is 0 Å². The molecule has 0 N–H and O–H groups in total.